The summed E-state index contributed by atoms with van der Waals surface area (Å²) in [6.45, 7) is 1.78. The van der Waals surface area contributed by atoms with E-state index in [0.29, 0.717) is 12.0 Å². The third-order valence-corrected chi connectivity index (χ3v) is 1.56. The molecular formula is C9H11F2N. The van der Waals surface area contributed by atoms with Crippen molar-refractivity contribution in [3.05, 3.63) is 35.4 Å². The lowest BCUT2D eigenvalue weighted by Crippen LogP contribution is -2.18. The Labute approximate surface area is 70.2 Å². The summed E-state index contributed by atoms with van der Waals surface area (Å²) < 4.78 is 25.3. The van der Waals surface area contributed by atoms with Crippen molar-refractivity contribution >= 4 is 0 Å². The van der Waals surface area contributed by atoms with Crippen LogP contribution in [0.4, 0.5) is 8.78 Å². The summed E-state index contributed by atoms with van der Waals surface area (Å²) in [5, 5.41) is 0. The van der Waals surface area contributed by atoms with Crippen LogP contribution in [0, 0.1) is 11.6 Å². The second-order valence-corrected chi connectivity index (χ2v) is 2.92. The lowest BCUT2D eigenvalue weighted by molar-refractivity contribution is 0.564. The summed E-state index contributed by atoms with van der Waals surface area (Å²) in [7, 11) is 0. The van der Waals surface area contributed by atoms with Crippen molar-refractivity contribution in [1.29, 1.82) is 0 Å². The summed E-state index contributed by atoms with van der Waals surface area (Å²) in [6.07, 6.45) is 0.437. The van der Waals surface area contributed by atoms with Crippen LogP contribution in [0.5, 0.6) is 0 Å². The van der Waals surface area contributed by atoms with Gasteiger partial charge in [-0.05, 0) is 25.0 Å². The second-order valence-electron chi connectivity index (χ2n) is 2.92. The molecular weight excluding hydrogens is 160 g/mol. The monoisotopic (exact) mass is 171 g/mol. The summed E-state index contributed by atoms with van der Waals surface area (Å²) in [5.74, 6) is -1.08. The van der Waals surface area contributed by atoms with Crippen LogP contribution < -0.4 is 5.73 Å². The molecule has 0 radical (unpaired) electrons. The fourth-order valence-corrected chi connectivity index (χ4v) is 1.03. The molecule has 0 aliphatic carbocycles. The van der Waals surface area contributed by atoms with E-state index in [-0.39, 0.29) is 6.04 Å². The fraction of sp³-hybridized carbons (Fsp3) is 0.333. The van der Waals surface area contributed by atoms with Crippen LogP contribution in [-0.2, 0) is 6.42 Å². The van der Waals surface area contributed by atoms with Crippen molar-refractivity contribution in [2.24, 2.45) is 5.73 Å². The number of hydrogen-bond donors (Lipinski definition) is 1. The lowest BCUT2D eigenvalue weighted by atomic mass is 10.1. The predicted molar refractivity (Wildman–Crippen MR) is 43.7 cm³/mol. The topological polar surface area (TPSA) is 26.0 Å². The Morgan fingerprint density at radius 2 is 2.08 bits per heavy atom. The third kappa shape index (κ3) is 2.27. The van der Waals surface area contributed by atoms with Crippen molar-refractivity contribution in [2.75, 3.05) is 0 Å². The molecule has 0 saturated carbocycles. The Bertz CT molecular complexity index is 271. The van der Waals surface area contributed by atoms with Crippen LogP contribution in [0.15, 0.2) is 18.2 Å². The highest BCUT2D eigenvalue weighted by Gasteiger charge is 2.05. The smallest absolute Gasteiger partial charge is 0.129 e. The molecule has 1 rings (SSSR count). The number of halogens is 2. The number of rotatable bonds is 2. The van der Waals surface area contributed by atoms with Gasteiger partial charge in [-0.25, -0.2) is 8.78 Å². The highest BCUT2D eigenvalue weighted by atomic mass is 19.1. The Morgan fingerprint density at radius 3 is 2.58 bits per heavy atom. The first-order valence-electron chi connectivity index (χ1n) is 3.79. The van der Waals surface area contributed by atoms with Gasteiger partial charge in [0.15, 0.2) is 0 Å². The summed E-state index contributed by atoms with van der Waals surface area (Å²) in [6, 6.07) is 3.43. The number of nitrogens with two attached hydrogens (primary N) is 1. The van der Waals surface area contributed by atoms with Crippen molar-refractivity contribution in [2.45, 2.75) is 19.4 Å². The fourth-order valence-electron chi connectivity index (χ4n) is 1.03. The minimum Gasteiger partial charge on any atom is -0.328 e. The van der Waals surface area contributed by atoms with Gasteiger partial charge < -0.3 is 5.73 Å². The van der Waals surface area contributed by atoms with E-state index in [9.17, 15) is 8.78 Å². The first-order valence-corrected chi connectivity index (χ1v) is 3.79. The van der Waals surface area contributed by atoms with E-state index in [4.69, 9.17) is 5.73 Å². The Hall–Kier alpha value is -0.960. The molecule has 12 heavy (non-hydrogen) atoms. The largest absolute Gasteiger partial charge is 0.328 e. The molecule has 1 atom stereocenters. The minimum absolute atomic E-state index is 0.107. The third-order valence-electron chi connectivity index (χ3n) is 1.56. The average Bonchev–Trinajstić information content (AvgIpc) is 1.94. The summed E-state index contributed by atoms with van der Waals surface area (Å²) in [4.78, 5) is 0. The zero-order valence-electron chi connectivity index (χ0n) is 6.85. The Balaban J connectivity index is 2.86. The second kappa shape index (κ2) is 3.63. The lowest BCUT2D eigenvalue weighted by Gasteiger charge is -2.05. The van der Waals surface area contributed by atoms with Gasteiger partial charge in [0.25, 0.3) is 0 Å². The quantitative estimate of drug-likeness (QED) is 0.722. The zero-order valence-corrected chi connectivity index (χ0v) is 6.85. The minimum atomic E-state index is -0.555. The van der Waals surface area contributed by atoms with Gasteiger partial charge in [0.1, 0.15) is 11.6 Å². The SMILES string of the molecule is C[C@H](N)Cc1ccc(F)cc1F. The Morgan fingerprint density at radius 1 is 1.42 bits per heavy atom. The zero-order chi connectivity index (χ0) is 9.14. The standard InChI is InChI=1S/C9H11F2N/c1-6(12)4-7-2-3-8(10)5-9(7)11/h2-3,5-6H,4,12H2,1H3/t6-/m0/s1. The van der Waals surface area contributed by atoms with Crippen LogP contribution in [0.1, 0.15) is 12.5 Å². The first kappa shape index (κ1) is 9.13. The first-order chi connectivity index (χ1) is 5.59. The van der Waals surface area contributed by atoms with Gasteiger partial charge in [-0.15, -0.1) is 0 Å². The molecule has 0 aromatic heterocycles. The van der Waals surface area contributed by atoms with Crippen LogP contribution >= 0.6 is 0 Å². The molecule has 2 N–H and O–H groups in total. The van der Waals surface area contributed by atoms with Gasteiger partial charge in [-0.2, -0.15) is 0 Å². The van der Waals surface area contributed by atoms with E-state index >= 15 is 0 Å². The number of benzene rings is 1. The van der Waals surface area contributed by atoms with Crippen molar-refractivity contribution in [3.63, 3.8) is 0 Å². The Kier molecular flexibility index (Phi) is 2.76. The summed E-state index contributed by atoms with van der Waals surface area (Å²) >= 11 is 0. The van der Waals surface area contributed by atoms with Gasteiger partial charge in [0.05, 0.1) is 0 Å². The predicted octanol–water partition coefficient (Wildman–Crippen LogP) is 1.85. The highest BCUT2D eigenvalue weighted by Crippen LogP contribution is 2.10. The van der Waals surface area contributed by atoms with Crippen LogP contribution in [0.25, 0.3) is 0 Å². The van der Waals surface area contributed by atoms with E-state index < -0.39 is 11.6 Å². The van der Waals surface area contributed by atoms with Gasteiger partial charge in [0.2, 0.25) is 0 Å². The molecule has 0 aliphatic rings. The molecule has 0 aliphatic heterocycles. The molecule has 0 unspecified atom stereocenters. The van der Waals surface area contributed by atoms with Crippen LogP contribution in [0.3, 0.4) is 0 Å². The van der Waals surface area contributed by atoms with Crippen LogP contribution in [-0.4, -0.2) is 6.04 Å². The number of hydrogen-bond acceptors (Lipinski definition) is 1. The molecule has 0 fully saturated rings. The van der Waals surface area contributed by atoms with E-state index in [1.807, 2.05) is 0 Å². The van der Waals surface area contributed by atoms with Gasteiger partial charge in [0, 0.05) is 12.1 Å². The maximum atomic E-state index is 12.9. The molecule has 0 spiro atoms. The molecule has 1 nitrogen and oxygen atoms in total. The molecule has 0 saturated heterocycles. The molecule has 1 aromatic rings. The maximum absolute atomic E-state index is 12.9. The average molecular weight is 171 g/mol. The summed E-state index contributed by atoms with van der Waals surface area (Å²) in [5.41, 5.74) is 5.94. The van der Waals surface area contributed by atoms with Crippen LogP contribution in [0.2, 0.25) is 0 Å². The van der Waals surface area contributed by atoms with Crippen molar-refractivity contribution in [1.82, 2.24) is 0 Å². The molecule has 0 amide bonds. The molecule has 3 heteroatoms. The molecule has 1 aromatic carbocycles. The van der Waals surface area contributed by atoms with Crippen molar-refractivity contribution < 1.29 is 8.78 Å². The van der Waals surface area contributed by atoms with Crippen molar-refractivity contribution in [3.8, 4) is 0 Å². The molecule has 0 bridgehead atoms. The van der Waals surface area contributed by atoms with E-state index in [1.165, 1.54) is 12.1 Å². The molecule has 66 valence electrons. The van der Waals surface area contributed by atoms with Gasteiger partial charge in [-0.1, -0.05) is 6.07 Å². The van der Waals surface area contributed by atoms with Gasteiger partial charge >= 0.3 is 0 Å². The van der Waals surface area contributed by atoms with E-state index in [2.05, 4.69) is 0 Å². The highest BCUT2D eigenvalue weighted by molar-refractivity contribution is 5.19. The normalized spacial score (nSPS) is 13.0. The molecule has 0 heterocycles. The maximum Gasteiger partial charge on any atom is 0.129 e. The van der Waals surface area contributed by atoms with Gasteiger partial charge in [-0.3, -0.25) is 0 Å². The van der Waals surface area contributed by atoms with E-state index in [1.54, 1.807) is 6.92 Å². The van der Waals surface area contributed by atoms with E-state index in [0.717, 1.165) is 6.07 Å².